The standard InChI is InChI=1S/C22H26FN3O2S2/c1-3-25(4-2)21-24-19-17(30-21)11-18(29-19)20(28)26-10-9-22(13-26,14-27)12-15-5-7-16(23)8-6-15/h5-8,11,27H,3-4,9-10,12-14H2,1-2H3. The number of thiophene rings is 1. The maximum absolute atomic E-state index is 13.2. The van der Waals surface area contributed by atoms with Crippen LogP contribution in [0.15, 0.2) is 30.3 Å². The number of benzene rings is 1. The molecule has 1 saturated heterocycles. The highest BCUT2D eigenvalue weighted by atomic mass is 32.1. The van der Waals surface area contributed by atoms with Crippen molar-refractivity contribution >= 4 is 43.2 Å². The van der Waals surface area contributed by atoms with E-state index in [-0.39, 0.29) is 23.7 Å². The highest BCUT2D eigenvalue weighted by Gasteiger charge is 2.40. The molecule has 5 nitrogen and oxygen atoms in total. The molecule has 160 valence electrons. The van der Waals surface area contributed by atoms with Crippen molar-refractivity contribution in [1.82, 2.24) is 9.88 Å². The average Bonchev–Trinajstić information content (AvgIpc) is 3.44. The summed E-state index contributed by atoms with van der Waals surface area (Å²) in [5.41, 5.74) is 0.598. The summed E-state index contributed by atoms with van der Waals surface area (Å²) in [6.07, 6.45) is 1.36. The van der Waals surface area contributed by atoms with Gasteiger partial charge in [-0.2, -0.15) is 0 Å². The molecule has 0 aliphatic carbocycles. The number of aliphatic hydroxyl groups is 1. The van der Waals surface area contributed by atoms with Crippen molar-refractivity contribution in [3.8, 4) is 0 Å². The first kappa shape index (κ1) is 21.2. The smallest absolute Gasteiger partial charge is 0.264 e. The molecule has 3 heterocycles. The Morgan fingerprint density at radius 2 is 2.00 bits per heavy atom. The van der Waals surface area contributed by atoms with Crippen LogP contribution in [0.5, 0.6) is 0 Å². The fraction of sp³-hybridized carbons (Fsp3) is 0.455. The lowest BCUT2D eigenvalue weighted by Gasteiger charge is -2.27. The number of aliphatic hydroxyl groups excluding tert-OH is 1. The van der Waals surface area contributed by atoms with Gasteiger partial charge in [0.15, 0.2) is 5.13 Å². The number of aromatic nitrogens is 1. The number of rotatable bonds is 7. The number of fused-ring (bicyclic) bond motifs is 1. The number of thiazole rings is 1. The number of hydrogen-bond acceptors (Lipinski definition) is 6. The highest BCUT2D eigenvalue weighted by molar-refractivity contribution is 7.29. The first-order valence-electron chi connectivity index (χ1n) is 10.3. The Hall–Kier alpha value is -2.03. The van der Waals surface area contributed by atoms with Gasteiger partial charge in [-0.1, -0.05) is 23.5 Å². The largest absolute Gasteiger partial charge is 0.396 e. The van der Waals surface area contributed by atoms with Gasteiger partial charge in [-0.05, 0) is 50.5 Å². The minimum Gasteiger partial charge on any atom is -0.396 e. The molecule has 1 atom stereocenters. The van der Waals surface area contributed by atoms with Crippen molar-refractivity contribution in [3.05, 3.63) is 46.6 Å². The third kappa shape index (κ3) is 4.08. The van der Waals surface area contributed by atoms with Crippen LogP contribution in [-0.4, -0.2) is 53.7 Å². The molecular weight excluding hydrogens is 421 g/mol. The zero-order valence-electron chi connectivity index (χ0n) is 17.2. The van der Waals surface area contributed by atoms with Gasteiger partial charge in [0.2, 0.25) is 0 Å². The summed E-state index contributed by atoms with van der Waals surface area (Å²) in [6, 6.07) is 8.34. The summed E-state index contributed by atoms with van der Waals surface area (Å²) in [5.74, 6) is -0.264. The van der Waals surface area contributed by atoms with Crippen molar-refractivity contribution in [1.29, 1.82) is 0 Å². The van der Waals surface area contributed by atoms with Crippen molar-refractivity contribution in [2.45, 2.75) is 26.7 Å². The van der Waals surface area contributed by atoms with Crippen LogP contribution in [0, 0.1) is 11.2 Å². The van der Waals surface area contributed by atoms with E-state index >= 15 is 0 Å². The fourth-order valence-electron chi connectivity index (χ4n) is 4.09. The van der Waals surface area contributed by atoms with Crippen LogP contribution in [0.4, 0.5) is 9.52 Å². The maximum Gasteiger partial charge on any atom is 0.264 e. The first-order chi connectivity index (χ1) is 14.5. The van der Waals surface area contributed by atoms with Gasteiger partial charge in [0.1, 0.15) is 10.6 Å². The predicted octanol–water partition coefficient (Wildman–Crippen LogP) is 4.41. The zero-order chi connectivity index (χ0) is 21.3. The van der Waals surface area contributed by atoms with Crippen LogP contribution in [-0.2, 0) is 6.42 Å². The first-order valence-corrected chi connectivity index (χ1v) is 11.9. The Morgan fingerprint density at radius 3 is 2.63 bits per heavy atom. The van der Waals surface area contributed by atoms with Crippen molar-refractivity contribution in [2.24, 2.45) is 5.41 Å². The van der Waals surface area contributed by atoms with Crippen LogP contribution in [0.25, 0.3) is 9.53 Å². The summed E-state index contributed by atoms with van der Waals surface area (Å²) in [7, 11) is 0. The Morgan fingerprint density at radius 1 is 1.27 bits per heavy atom. The lowest BCUT2D eigenvalue weighted by Crippen LogP contribution is -2.35. The summed E-state index contributed by atoms with van der Waals surface area (Å²) < 4.78 is 14.2. The van der Waals surface area contributed by atoms with Gasteiger partial charge in [0.25, 0.3) is 5.91 Å². The van der Waals surface area contributed by atoms with Gasteiger partial charge in [0, 0.05) is 31.6 Å². The lowest BCUT2D eigenvalue weighted by molar-refractivity contribution is 0.0744. The summed E-state index contributed by atoms with van der Waals surface area (Å²) in [5, 5.41) is 11.1. The third-order valence-electron chi connectivity index (χ3n) is 5.88. The van der Waals surface area contributed by atoms with Crippen molar-refractivity contribution in [3.63, 3.8) is 0 Å². The zero-order valence-corrected chi connectivity index (χ0v) is 18.9. The monoisotopic (exact) mass is 447 g/mol. The second-order valence-corrected chi connectivity index (χ2v) is 9.93. The molecule has 0 spiro atoms. The number of carbonyl (C=O) groups excluding carboxylic acids is 1. The number of halogens is 1. The molecule has 0 saturated carbocycles. The molecule has 0 bridgehead atoms. The molecule has 3 aromatic rings. The van der Waals surface area contributed by atoms with E-state index in [1.54, 1.807) is 23.5 Å². The minimum absolute atomic E-state index is 0.00245. The van der Waals surface area contributed by atoms with Gasteiger partial charge < -0.3 is 14.9 Å². The number of nitrogens with zero attached hydrogens (tertiary/aromatic N) is 3. The summed E-state index contributed by atoms with van der Waals surface area (Å²) in [4.78, 5) is 23.5. The molecular formula is C22H26FN3O2S2. The van der Waals surface area contributed by atoms with Gasteiger partial charge in [-0.3, -0.25) is 4.79 Å². The second-order valence-electron chi connectivity index (χ2n) is 7.89. The Bertz CT molecular complexity index is 997. The van der Waals surface area contributed by atoms with Crippen LogP contribution in [0.1, 0.15) is 35.5 Å². The molecule has 2 aromatic heterocycles. The molecule has 1 aliphatic heterocycles. The average molecular weight is 448 g/mol. The van der Waals surface area contributed by atoms with E-state index in [0.717, 1.165) is 39.7 Å². The van der Waals surface area contributed by atoms with E-state index < -0.39 is 0 Å². The lowest BCUT2D eigenvalue weighted by atomic mass is 9.81. The number of likely N-dealkylation sites (tertiary alicyclic amines) is 1. The highest BCUT2D eigenvalue weighted by Crippen LogP contribution is 2.38. The SMILES string of the molecule is CCN(CC)c1nc2sc(C(=O)N3CCC(CO)(Cc4ccc(F)cc4)C3)cc2s1. The Kier molecular flexibility index (Phi) is 6.09. The van der Waals surface area contributed by atoms with Gasteiger partial charge in [-0.15, -0.1) is 11.3 Å². The number of anilines is 1. The predicted molar refractivity (Wildman–Crippen MR) is 121 cm³/mol. The van der Waals surface area contributed by atoms with E-state index in [4.69, 9.17) is 4.98 Å². The third-order valence-corrected chi connectivity index (χ3v) is 8.09. The maximum atomic E-state index is 13.2. The van der Waals surface area contributed by atoms with Crippen LogP contribution in [0.3, 0.4) is 0 Å². The molecule has 1 fully saturated rings. The van der Waals surface area contributed by atoms with E-state index in [9.17, 15) is 14.3 Å². The number of carbonyl (C=O) groups is 1. The van der Waals surface area contributed by atoms with Crippen LogP contribution >= 0.6 is 22.7 Å². The second kappa shape index (κ2) is 8.61. The fourth-order valence-corrected chi connectivity index (χ4v) is 6.39. The minimum atomic E-state index is -0.379. The van der Waals surface area contributed by atoms with E-state index in [1.165, 1.54) is 23.5 Å². The molecule has 1 amide bonds. The van der Waals surface area contributed by atoms with E-state index in [1.807, 2.05) is 11.0 Å². The normalized spacial score (nSPS) is 19.0. The molecule has 1 aromatic carbocycles. The molecule has 30 heavy (non-hydrogen) atoms. The topological polar surface area (TPSA) is 56.7 Å². The van der Waals surface area contributed by atoms with Crippen LogP contribution in [0.2, 0.25) is 0 Å². The molecule has 0 radical (unpaired) electrons. The quantitative estimate of drug-likeness (QED) is 0.583. The van der Waals surface area contributed by atoms with Crippen molar-refractivity contribution < 1.29 is 14.3 Å². The number of hydrogen-bond donors (Lipinski definition) is 1. The molecule has 1 N–H and O–H groups in total. The summed E-state index contributed by atoms with van der Waals surface area (Å²) in [6.45, 7) is 7.17. The molecule has 8 heteroatoms. The van der Waals surface area contributed by atoms with Gasteiger partial charge in [0.05, 0.1) is 16.2 Å². The molecule has 4 rings (SSSR count). The Labute approximate surface area is 183 Å². The van der Waals surface area contributed by atoms with E-state index in [0.29, 0.717) is 24.4 Å². The van der Waals surface area contributed by atoms with Gasteiger partial charge in [-0.25, -0.2) is 9.37 Å². The Balaban J connectivity index is 1.48. The van der Waals surface area contributed by atoms with Crippen LogP contribution < -0.4 is 4.90 Å². The number of amides is 1. The van der Waals surface area contributed by atoms with Crippen molar-refractivity contribution in [2.75, 3.05) is 37.7 Å². The molecule has 1 unspecified atom stereocenters. The molecule has 1 aliphatic rings. The summed E-state index contributed by atoms with van der Waals surface area (Å²) >= 11 is 3.07. The van der Waals surface area contributed by atoms with E-state index in [2.05, 4.69) is 18.7 Å². The van der Waals surface area contributed by atoms with Gasteiger partial charge >= 0.3 is 0 Å².